The predicted molar refractivity (Wildman–Crippen MR) is 97.5 cm³/mol. The lowest BCUT2D eigenvalue weighted by Crippen LogP contribution is -2.27. The summed E-state index contributed by atoms with van der Waals surface area (Å²) in [5.74, 6) is -0.892. The Hall–Kier alpha value is -2.25. The van der Waals surface area contributed by atoms with Gasteiger partial charge in [0.1, 0.15) is 11.4 Å². The van der Waals surface area contributed by atoms with Gasteiger partial charge in [-0.3, -0.25) is 0 Å². The van der Waals surface area contributed by atoms with Crippen LogP contribution in [0.3, 0.4) is 0 Å². The van der Waals surface area contributed by atoms with Crippen LogP contribution in [0.5, 0.6) is 5.75 Å². The molecule has 0 saturated carbocycles. The quantitative estimate of drug-likeness (QED) is 0.683. The molecule has 25 heavy (non-hydrogen) atoms. The Morgan fingerprint density at radius 2 is 1.76 bits per heavy atom. The number of carbonyl (C=O) groups excluding carboxylic acids is 2. The molecule has 6 nitrogen and oxygen atoms in total. The zero-order valence-electron chi connectivity index (χ0n) is 13.7. The van der Waals surface area contributed by atoms with Gasteiger partial charge >= 0.3 is 11.9 Å². The van der Waals surface area contributed by atoms with Crippen LogP contribution >= 0.6 is 27.5 Å². The number of carbonyl (C=O) groups is 2. The molecule has 1 heterocycles. The van der Waals surface area contributed by atoms with Crippen molar-refractivity contribution in [3.05, 3.63) is 57.3 Å². The summed E-state index contributed by atoms with van der Waals surface area (Å²) < 4.78 is 15.4. The molecule has 1 aromatic carbocycles. The molecule has 0 unspecified atom stereocenters. The standard InChI is InChI=1S/C17H15BrClNO5/c1-23-12-8-7-11(19)15(13(12)18)20-9-5-4-6-10(16(21)24-2)14(20)17(22)25-3/h4-9H,1-3H3. The van der Waals surface area contributed by atoms with Crippen LogP contribution in [-0.4, -0.2) is 33.3 Å². The van der Waals surface area contributed by atoms with Crippen molar-refractivity contribution in [1.29, 1.82) is 0 Å². The summed E-state index contributed by atoms with van der Waals surface area (Å²) in [7, 11) is 3.96. The molecular weight excluding hydrogens is 414 g/mol. The van der Waals surface area contributed by atoms with Gasteiger partial charge in [0.05, 0.1) is 42.1 Å². The average Bonchev–Trinajstić information content (AvgIpc) is 2.83. The molecular formula is C17H15BrClNO5. The number of nitrogens with zero attached hydrogens (tertiary/aromatic N) is 1. The Morgan fingerprint density at radius 3 is 2.36 bits per heavy atom. The van der Waals surface area contributed by atoms with Crippen LogP contribution in [-0.2, 0) is 19.1 Å². The van der Waals surface area contributed by atoms with E-state index < -0.39 is 11.9 Å². The lowest BCUT2D eigenvalue weighted by atomic mass is 10.1. The number of rotatable bonds is 4. The van der Waals surface area contributed by atoms with Crippen molar-refractivity contribution in [2.45, 2.75) is 0 Å². The maximum Gasteiger partial charge on any atom is 0.355 e. The summed E-state index contributed by atoms with van der Waals surface area (Å²) in [6.45, 7) is 0. The molecule has 0 fully saturated rings. The second kappa shape index (κ2) is 8.22. The van der Waals surface area contributed by atoms with Crippen LogP contribution in [0, 0.1) is 0 Å². The molecule has 0 atom stereocenters. The minimum Gasteiger partial charge on any atom is -0.495 e. The molecule has 8 heteroatoms. The first-order valence-electron chi connectivity index (χ1n) is 7.03. The molecule has 0 N–H and O–H groups in total. The molecule has 2 rings (SSSR count). The molecule has 1 aliphatic heterocycles. The largest absolute Gasteiger partial charge is 0.495 e. The number of benzene rings is 1. The van der Waals surface area contributed by atoms with Crippen molar-refractivity contribution in [2.75, 3.05) is 26.2 Å². The molecule has 0 aliphatic carbocycles. The first-order chi connectivity index (χ1) is 12.0. The van der Waals surface area contributed by atoms with Crippen LogP contribution < -0.4 is 9.64 Å². The number of halogens is 2. The third-order valence-electron chi connectivity index (χ3n) is 3.38. The van der Waals surface area contributed by atoms with Crippen LogP contribution in [0.1, 0.15) is 0 Å². The second-order valence-electron chi connectivity index (χ2n) is 4.73. The van der Waals surface area contributed by atoms with Gasteiger partial charge in [-0.25, -0.2) is 9.59 Å². The predicted octanol–water partition coefficient (Wildman–Crippen LogP) is 3.60. The van der Waals surface area contributed by atoms with Gasteiger partial charge in [0, 0.05) is 6.20 Å². The Balaban J connectivity index is 2.78. The fourth-order valence-electron chi connectivity index (χ4n) is 2.24. The van der Waals surface area contributed by atoms with Crippen molar-refractivity contribution in [3.63, 3.8) is 0 Å². The number of hydrogen-bond donors (Lipinski definition) is 0. The van der Waals surface area contributed by atoms with Gasteiger partial charge < -0.3 is 19.1 Å². The summed E-state index contributed by atoms with van der Waals surface area (Å²) in [6, 6.07) is 3.30. The SMILES string of the molecule is COC(=O)C1=C(C(=O)OC)N(c2c(Cl)ccc(OC)c2Br)C=CC=C1. The molecule has 132 valence electrons. The van der Waals surface area contributed by atoms with Crippen molar-refractivity contribution in [2.24, 2.45) is 0 Å². The molecule has 0 spiro atoms. The molecule has 1 aliphatic rings. The summed E-state index contributed by atoms with van der Waals surface area (Å²) >= 11 is 9.78. The number of hydrogen-bond acceptors (Lipinski definition) is 6. The highest BCUT2D eigenvalue weighted by Gasteiger charge is 2.30. The van der Waals surface area contributed by atoms with Gasteiger partial charge in [0.2, 0.25) is 0 Å². The lowest BCUT2D eigenvalue weighted by Gasteiger charge is -2.25. The molecule has 0 aromatic heterocycles. The van der Waals surface area contributed by atoms with E-state index in [2.05, 4.69) is 15.9 Å². The van der Waals surface area contributed by atoms with Crippen molar-refractivity contribution in [3.8, 4) is 5.75 Å². The summed E-state index contributed by atoms with van der Waals surface area (Å²) in [6.07, 6.45) is 6.32. The van der Waals surface area contributed by atoms with E-state index >= 15 is 0 Å². The van der Waals surface area contributed by atoms with Gasteiger partial charge in [0.15, 0.2) is 0 Å². The zero-order chi connectivity index (χ0) is 18.6. The maximum absolute atomic E-state index is 12.4. The van der Waals surface area contributed by atoms with E-state index in [1.807, 2.05) is 0 Å². The Morgan fingerprint density at radius 1 is 1.08 bits per heavy atom. The van der Waals surface area contributed by atoms with E-state index in [1.165, 1.54) is 32.3 Å². The topological polar surface area (TPSA) is 65.1 Å². The fourth-order valence-corrected chi connectivity index (χ4v) is 3.30. The van der Waals surface area contributed by atoms with Crippen molar-refractivity contribution in [1.82, 2.24) is 0 Å². The van der Waals surface area contributed by atoms with E-state index in [0.29, 0.717) is 20.9 Å². The van der Waals surface area contributed by atoms with Crippen LogP contribution in [0.2, 0.25) is 5.02 Å². The van der Waals surface area contributed by atoms with E-state index in [4.69, 9.17) is 25.8 Å². The molecule has 0 radical (unpaired) electrons. The van der Waals surface area contributed by atoms with Gasteiger partial charge in [-0.2, -0.15) is 0 Å². The third-order valence-corrected chi connectivity index (χ3v) is 4.45. The highest BCUT2D eigenvalue weighted by Crippen LogP contribution is 2.43. The average molecular weight is 429 g/mol. The monoisotopic (exact) mass is 427 g/mol. The van der Waals surface area contributed by atoms with Crippen LogP contribution in [0.15, 0.2) is 52.3 Å². The maximum atomic E-state index is 12.4. The van der Waals surface area contributed by atoms with E-state index in [-0.39, 0.29) is 11.3 Å². The number of methoxy groups -OCH3 is 3. The number of ether oxygens (including phenoxy) is 3. The zero-order valence-corrected chi connectivity index (χ0v) is 16.1. The van der Waals surface area contributed by atoms with Crippen molar-refractivity contribution >= 4 is 45.2 Å². The highest BCUT2D eigenvalue weighted by atomic mass is 79.9. The van der Waals surface area contributed by atoms with Gasteiger partial charge in [0.25, 0.3) is 0 Å². The molecule has 1 aromatic rings. The minimum atomic E-state index is -0.720. The first-order valence-corrected chi connectivity index (χ1v) is 8.20. The molecule has 0 amide bonds. The number of esters is 2. The van der Waals surface area contributed by atoms with E-state index in [0.717, 1.165) is 0 Å². The van der Waals surface area contributed by atoms with E-state index in [9.17, 15) is 9.59 Å². The summed E-state index contributed by atoms with van der Waals surface area (Å²) in [5.41, 5.74) is 0.420. The Bertz CT molecular complexity index is 800. The lowest BCUT2D eigenvalue weighted by molar-refractivity contribution is -0.139. The smallest absolute Gasteiger partial charge is 0.355 e. The fraction of sp³-hybridized carbons (Fsp3) is 0.176. The van der Waals surface area contributed by atoms with Gasteiger partial charge in [-0.05, 0) is 40.2 Å². The third kappa shape index (κ3) is 3.72. The summed E-state index contributed by atoms with van der Waals surface area (Å²) in [4.78, 5) is 26.0. The highest BCUT2D eigenvalue weighted by molar-refractivity contribution is 9.10. The minimum absolute atomic E-state index is 0.0322. The van der Waals surface area contributed by atoms with Crippen molar-refractivity contribution < 1.29 is 23.8 Å². The molecule has 0 saturated heterocycles. The Labute approximate surface area is 158 Å². The Kier molecular flexibility index (Phi) is 6.27. The molecule has 0 bridgehead atoms. The second-order valence-corrected chi connectivity index (χ2v) is 5.93. The van der Waals surface area contributed by atoms with Gasteiger partial charge in [-0.1, -0.05) is 17.7 Å². The summed E-state index contributed by atoms with van der Waals surface area (Å²) in [5, 5.41) is 0.338. The normalized spacial score (nSPS) is 13.6. The number of allylic oxidation sites excluding steroid dienone is 2. The van der Waals surface area contributed by atoms with Crippen LogP contribution in [0.4, 0.5) is 5.69 Å². The van der Waals surface area contributed by atoms with Gasteiger partial charge in [-0.15, -0.1) is 0 Å². The number of anilines is 1. The first kappa shape index (κ1) is 19.1. The van der Waals surface area contributed by atoms with E-state index in [1.54, 1.807) is 30.5 Å². The van der Waals surface area contributed by atoms with Crippen LogP contribution in [0.25, 0.3) is 0 Å².